The van der Waals surface area contributed by atoms with Crippen molar-refractivity contribution in [2.24, 2.45) is 0 Å². The average Bonchev–Trinajstić information content (AvgIpc) is 3.43. The Morgan fingerprint density at radius 2 is 2.06 bits per heavy atom. The number of nitrogens with zero attached hydrogens (tertiary/aromatic N) is 3. The highest BCUT2D eigenvalue weighted by molar-refractivity contribution is 7.07. The van der Waals surface area contributed by atoms with Gasteiger partial charge in [-0.1, -0.05) is 6.07 Å². The number of carboxylic acids is 1. The van der Waals surface area contributed by atoms with E-state index in [-0.39, 0.29) is 27.2 Å². The maximum absolute atomic E-state index is 12.6. The molecule has 3 N–H and O–H groups in total. The highest BCUT2D eigenvalue weighted by Crippen LogP contribution is 2.11. The Morgan fingerprint density at radius 1 is 1.30 bits per heavy atom. The molecule has 1 amide bonds. The van der Waals surface area contributed by atoms with Crippen molar-refractivity contribution in [2.45, 2.75) is 32.7 Å². The fourth-order valence-electron chi connectivity index (χ4n) is 3.69. The minimum Gasteiger partial charge on any atom is -0.477 e. The van der Waals surface area contributed by atoms with Gasteiger partial charge in [-0.2, -0.15) is 5.26 Å². The van der Waals surface area contributed by atoms with Gasteiger partial charge in [-0.15, -0.1) is 11.3 Å². The van der Waals surface area contributed by atoms with Gasteiger partial charge in [0, 0.05) is 30.5 Å². The van der Waals surface area contributed by atoms with Gasteiger partial charge in [0.1, 0.15) is 15.3 Å². The van der Waals surface area contributed by atoms with Crippen molar-refractivity contribution < 1.29 is 14.7 Å². The molecule has 10 heteroatoms. The number of nitrogens with one attached hydrogen (secondary N) is 2. The van der Waals surface area contributed by atoms with Crippen LogP contribution in [0, 0.1) is 11.3 Å². The fourth-order valence-corrected chi connectivity index (χ4v) is 4.77. The van der Waals surface area contributed by atoms with E-state index in [2.05, 4.69) is 15.5 Å². The molecule has 2 heterocycles. The van der Waals surface area contributed by atoms with Crippen LogP contribution in [0.1, 0.15) is 36.5 Å². The van der Waals surface area contributed by atoms with Crippen LogP contribution in [0.15, 0.2) is 29.1 Å². The molecule has 1 aliphatic heterocycles. The molecule has 174 valence electrons. The van der Waals surface area contributed by atoms with Crippen LogP contribution in [-0.4, -0.2) is 52.6 Å². The summed E-state index contributed by atoms with van der Waals surface area (Å²) in [5, 5.41) is 24.3. The monoisotopic (exact) mass is 469 g/mol. The van der Waals surface area contributed by atoms with Gasteiger partial charge in [0.25, 0.3) is 11.5 Å². The van der Waals surface area contributed by atoms with Gasteiger partial charge >= 0.3 is 5.97 Å². The smallest absolute Gasteiger partial charge is 0.349 e. The molecule has 0 saturated carbocycles. The van der Waals surface area contributed by atoms with E-state index in [1.807, 2.05) is 0 Å². The van der Waals surface area contributed by atoms with Gasteiger partial charge in [0.05, 0.1) is 0 Å². The lowest BCUT2D eigenvalue weighted by Crippen LogP contribution is -2.32. The molecule has 0 unspecified atom stereocenters. The SMILES string of the molecule is CCn1c(=C(C#N)C(=O)O)sc(=CNc2cccc(C(=O)NCCCN3CCCC3)c2)c1=O. The fraction of sp³-hybridized carbons (Fsp3) is 0.391. The number of anilines is 1. The number of nitriles is 1. The zero-order chi connectivity index (χ0) is 23.8. The molecule has 0 aliphatic carbocycles. The number of rotatable bonds is 9. The van der Waals surface area contributed by atoms with E-state index < -0.39 is 11.5 Å². The lowest BCUT2D eigenvalue weighted by molar-refractivity contribution is -0.130. The second-order valence-electron chi connectivity index (χ2n) is 7.64. The van der Waals surface area contributed by atoms with E-state index in [0.29, 0.717) is 17.8 Å². The molecule has 9 nitrogen and oxygen atoms in total. The minimum absolute atomic E-state index is 0.104. The molecule has 0 radical (unpaired) electrons. The second kappa shape index (κ2) is 11.4. The quantitative estimate of drug-likeness (QED) is 0.463. The predicted molar refractivity (Wildman–Crippen MR) is 127 cm³/mol. The van der Waals surface area contributed by atoms with Crippen molar-refractivity contribution in [3.05, 3.63) is 49.4 Å². The number of carbonyl (C=O) groups excluding carboxylic acids is 1. The zero-order valence-corrected chi connectivity index (χ0v) is 19.3. The summed E-state index contributed by atoms with van der Waals surface area (Å²) in [5.41, 5.74) is 0.256. The maximum atomic E-state index is 12.6. The van der Waals surface area contributed by atoms with E-state index in [0.717, 1.165) is 37.4 Å². The Labute approximate surface area is 195 Å². The lowest BCUT2D eigenvalue weighted by atomic mass is 10.2. The Hall–Kier alpha value is -3.42. The van der Waals surface area contributed by atoms with Crippen molar-refractivity contribution in [1.82, 2.24) is 14.8 Å². The van der Waals surface area contributed by atoms with Crippen LogP contribution >= 0.6 is 11.3 Å². The number of amides is 1. The first-order chi connectivity index (χ1) is 15.9. The van der Waals surface area contributed by atoms with Crippen molar-refractivity contribution in [3.8, 4) is 6.07 Å². The van der Waals surface area contributed by atoms with E-state index in [1.165, 1.54) is 23.6 Å². The third-order valence-corrected chi connectivity index (χ3v) is 6.52. The van der Waals surface area contributed by atoms with Crippen molar-refractivity contribution in [1.29, 1.82) is 5.26 Å². The van der Waals surface area contributed by atoms with Crippen molar-refractivity contribution in [2.75, 3.05) is 31.5 Å². The summed E-state index contributed by atoms with van der Waals surface area (Å²) >= 11 is 0.934. The minimum atomic E-state index is -1.38. The molecule has 2 aromatic rings. The molecular weight excluding hydrogens is 442 g/mol. The normalized spacial score (nSPS) is 15.2. The molecule has 0 spiro atoms. The number of benzene rings is 1. The van der Waals surface area contributed by atoms with Crippen LogP contribution in [0.2, 0.25) is 0 Å². The summed E-state index contributed by atoms with van der Waals surface area (Å²) in [5.74, 6) is -1.54. The summed E-state index contributed by atoms with van der Waals surface area (Å²) in [6, 6.07) is 8.55. The largest absolute Gasteiger partial charge is 0.477 e. The van der Waals surface area contributed by atoms with Crippen molar-refractivity contribution >= 4 is 40.7 Å². The molecule has 3 rings (SSSR count). The van der Waals surface area contributed by atoms with Crippen LogP contribution in [0.5, 0.6) is 0 Å². The maximum Gasteiger partial charge on any atom is 0.349 e. The number of hydrogen-bond donors (Lipinski definition) is 3. The summed E-state index contributed by atoms with van der Waals surface area (Å²) < 4.78 is 1.63. The Kier molecular flexibility index (Phi) is 8.40. The topological polar surface area (TPSA) is 127 Å². The summed E-state index contributed by atoms with van der Waals surface area (Å²) in [7, 11) is 0. The van der Waals surface area contributed by atoms with Crippen LogP contribution in [-0.2, 0) is 11.3 Å². The first-order valence-corrected chi connectivity index (χ1v) is 11.7. The predicted octanol–water partition coefficient (Wildman–Crippen LogP) is 0.754. The number of hydrogen-bond acceptors (Lipinski definition) is 7. The Morgan fingerprint density at radius 3 is 2.73 bits per heavy atom. The molecule has 1 aromatic heterocycles. The molecule has 1 saturated heterocycles. The number of thiazole rings is 1. The molecule has 1 aromatic carbocycles. The second-order valence-corrected chi connectivity index (χ2v) is 8.67. The van der Waals surface area contributed by atoms with Crippen LogP contribution in [0.25, 0.3) is 11.8 Å². The van der Waals surface area contributed by atoms with E-state index >= 15 is 0 Å². The number of likely N-dealkylation sites (tertiary alicyclic amines) is 1. The van der Waals surface area contributed by atoms with Gasteiger partial charge in [-0.3, -0.25) is 14.2 Å². The number of carboxylic acid groups (broad SMARTS) is 1. The standard InChI is InChI=1S/C23H27N5O4S/c1-2-28-21(30)19(33-22(28)18(14-24)23(31)32)15-26-17-8-5-7-16(13-17)20(29)25-9-6-12-27-10-3-4-11-27/h5,7-8,13,15,26H,2-4,6,9-12H2,1H3,(H,25,29)(H,31,32). The molecule has 33 heavy (non-hydrogen) atoms. The van der Waals surface area contributed by atoms with Gasteiger partial charge in [-0.25, -0.2) is 4.79 Å². The van der Waals surface area contributed by atoms with Crippen LogP contribution in [0.4, 0.5) is 5.69 Å². The zero-order valence-electron chi connectivity index (χ0n) is 18.5. The lowest BCUT2D eigenvalue weighted by Gasteiger charge is -2.14. The van der Waals surface area contributed by atoms with Gasteiger partial charge in [-0.05, 0) is 64.0 Å². The van der Waals surface area contributed by atoms with Gasteiger partial charge in [0.15, 0.2) is 5.57 Å². The summed E-state index contributed by atoms with van der Waals surface area (Å²) in [6.45, 7) is 5.82. The molecule has 0 atom stereocenters. The number of carbonyl (C=O) groups is 2. The first kappa shape index (κ1) is 24.2. The number of aliphatic carboxylic acids is 1. The number of aromatic nitrogens is 1. The molecule has 1 aliphatic rings. The molecule has 0 bridgehead atoms. The third-order valence-electron chi connectivity index (χ3n) is 5.39. The third kappa shape index (κ3) is 6.09. The van der Waals surface area contributed by atoms with Crippen LogP contribution < -0.4 is 25.4 Å². The van der Waals surface area contributed by atoms with E-state index in [4.69, 9.17) is 5.26 Å². The average molecular weight is 470 g/mol. The highest BCUT2D eigenvalue weighted by atomic mass is 32.1. The summed E-state index contributed by atoms with van der Waals surface area (Å²) in [6.07, 6.45) is 4.87. The molecular formula is C23H27N5O4S. The molecule has 1 fully saturated rings. The van der Waals surface area contributed by atoms with Gasteiger partial charge in [0.2, 0.25) is 0 Å². The van der Waals surface area contributed by atoms with Crippen LogP contribution in [0.3, 0.4) is 0 Å². The summed E-state index contributed by atoms with van der Waals surface area (Å²) in [4.78, 5) is 38.8. The van der Waals surface area contributed by atoms with E-state index in [1.54, 1.807) is 37.3 Å². The Balaban J connectivity index is 1.71. The Bertz CT molecular complexity index is 1230. The highest BCUT2D eigenvalue weighted by Gasteiger charge is 2.14. The van der Waals surface area contributed by atoms with Gasteiger partial charge < -0.3 is 20.6 Å². The first-order valence-electron chi connectivity index (χ1n) is 10.9. The van der Waals surface area contributed by atoms with Crippen molar-refractivity contribution in [3.63, 3.8) is 0 Å². The van der Waals surface area contributed by atoms with E-state index in [9.17, 15) is 19.5 Å².